The number of hydrogen-bond acceptors (Lipinski definition) is 1. The highest BCUT2D eigenvalue weighted by molar-refractivity contribution is 5.23. The van der Waals surface area contributed by atoms with E-state index in [4.69, 9.17) is 5.73 Å². The van der Waals surface area contributed by atoms with E-state index in [1.165, 1.54) is 0 Å². The molecule has 2 N–H and O–H groups in total. The number of hydrogen-bond donors (Lipinski definition) is 1. The maximum atomic E-state index is 13.5. The van der Waals surface area contributed by atoms with E-state index < -0.39 is 17.5 Å². The van der Waals surface area contributed by atoms with Crippen molar-refractivity contribution in [3.63, 3.8) is 0 Å². The van der Waals surface area contributed by atoms with Crippen LogP contribution in [-0.4, -0.2) is 6.54 Å². The van der Waals surface area contributed by atoms with Crippen molar-refractivity contribution in [2.24, 2.45) is 23.0 Å². The van der Waals surface area contributed by atoms with Crippen LogP contribution >= 0.6 is 0 Å². The van der Waals surface area contributed by atoms with Gasteiger partial charge in [-0.3, -0.25) is 0 Å². The molecule has 0 spiro atoms. The van der Waals surface area contributed by atoms with Gasteiger partial charge in [-0.05, 0) is 41.8 Å². The Morgan fingerprint density at radius 2 is 1.65 bits per heavy atom. The van der Waals surface area contributed by atoms with Crippen LogP contribution in [0.4, 0.5) is 13.2 Å². The second-order valence-corrected chi connectivity index (χ2v) is 5.33. The molecule has 0 amide bonds. The van der Waals surface area contributed by atoms with Crippen LogP contribution in [0.2, 0.25) is 0 Å². The zero-order valence-corrected chi connectivity index (χ0v) is 9.93. The Labute approximate surface area is 98.8 Å². The summed E-state index contributed by atoms with van der Waals surface area (Å²) in [4.78, 5) is 0. The van der Waals surface area contributed by atoms with Crippen molar-refractivity contribution in [1.82, 2.24) is 0 Å². The summed E-state index contributed by atoms with van der Waals surface area (Å²) in [5, 5.41) is 0. The van der Waals surface area contributed by atoms with E-state index in [1.807, 2.05) is 0 Å². The maximum absolute atomic E-state index is 13.5. The van der Waals surface area contributed by atoms with Crippen LogP contribution in [0.25, 0.3) is 0 Å². The van der Waals surface area contributed by atoms with Crippen molar-refractivity contribution in [2.45, 2.75) is 20.3 Å². The van der Waals surface area contributed by atoms with Gasteiger partial charge in [-0.25, -0.2) is 13.2 Å². The van der Waals surface area contributed by atoms with Gasteiger partial charge in [-0.1, -0.05) is 13.8 Å². The van der Waals surface area contributed by atoms with Crippen molar-refractivity contribution in [1.29, 1.82) is 0 Å². The molecule has 1 saturated carbocycles. The predicted molar refractivity (Wildman–Crippen MR) is 59.8 cm³/mol. The molecule has 0 aromatic heterocycles. The summed E-state index contributed by atoms with van der Waals surface area (Å²) < 4.78 is 39.3. The molecule has 0 heterocycles. The Morgan fingerprint density at radius 3 is 2.18 bits per heavy atom. The van der Waals surface area contributed by atoms with E-state index in [2.05, 4.69) is 13.8 Å². The lowest BCUT2D eigenvalue weighted by Crippen LogP contribution is -2.05. The zero-order valence-electron chi connectivity index (χ0n) is 9.93. The Kier molecular flexibility index (Phi) is 2.94. The van der Waals surface area contributed by atoms with Gasteiger partial charge in [-0.15, -0.1) is 0 Å². The summed E-state index contributed by atoms with van der Waals surface area (Å²) in [6.07, 6.45) is 0.415. The molecular weight excluding hydrogens is 227 g/mol. The molecule has 0 bridgehead atoms. The molecule has 2 atom stereocenters. The molecule has 0 saturated heterocycles. The van der Waals surface area contributed by atoms with Crippen molar-refractivity contribution in [2.75, 3.05) is 6.54 Å². The lowest BCUT2D eigenvalue weighted by atomic mass is 10.0. The van der Waals surface area contributed by atoms with Gasteiger partial charge in [-0.2, -0.15) is 0 Å². The number of nitrogens with two attached hydrogens (primary N) is 1. The lowest BCUT2D eigenvalue weighted by molar-refractivity contribution is 0.483. The van der Waals surface area contributed by atoms with E-state index in [-0.39, 0.29) is 16.9 Å². The summed E-state index contributed by atoms with van der Waals surface area (Å²) >= 11 is 0. The lowest BCUT2D eigenvalue weighted by Gasteiger charge is -2.05. The summed E-state index contributed by atoms with van der Waals surface area (Å²) in [6, 6.07) is 1.56. The SMILES string of the molecule is CC1(C)[C@H](CN)[C@H]1Cc1cc(F)c(F)cc1F. The third-order valence-electron chi connectivity index (χ3n) is 4.07. The van der Waals surface area contributed by atoms with E-state index in [1.54, 1.807) is 0 Å². The molecule has 17 heavy (non-hydrogen) atoms. The van der Waals surface area contributed by atoms with Gasteiger partial charge in [0.15, 0.2) is 11.6 Å². The zero-order chi connectivity index (χ0) is 12.8. The summed E-state index contributed by atoms with van der Waals surface area (Å²) in [6.45, 7) is 4.67. The molecule has 0 aliphatic heterocycles. The highest BCUT2D eigenvalue weighted by Crippen LogP contribution is 2.59. The molecule has 1 aromatic carbocycles. The molecule has 0 radical (unpaired) electrons. The standard InChI is InChI=1S/C13H16F3N/c1-13(2)8(9(13)6-17)3-7-4-11(15)12(16)5-10(7)14/h4-5,8-9H,3,6,17H2,1-2H3/t8-,9-/m1/s1. The Bertz CT molecular complexity index is 443. The first kappa shape index (κ1) is 12.4. The van der Waals surface area contributed by atoms with Crippen LogP contribution in [0.3, 0.4) is 0 Å². The summed E-state index contributed by atoms with van der Waals surface area (Å²) in [7, 11) is 0. The maximum Gasteiger partial charge on any atom is 0.161 e. The van der Waals surface area contributed by atoms with E-state index >= 15 is 0 Å². The molecular formula is C13H16F3N. The average molecular weight is 243 g/mol. The third kappa shape index (κ3) is 2.06. The first-order valence-electron chi connectivity index (χ1n) is 5.71. The van der Waals surface area contributed by atoms with Gasteiger partial charge >= 0.3 is 0 Å². The van der Waals surface area contributed by atoms with E-state index in [0.29, 0.717) is 24.9 Å². The van der Waals surface area contributed by atoms with Gasteiger partial charge in [0, 0.05) is 6.07 Å². The number of rotatable bonds is 3. The van der Waals surface area contributed by atoms with Gasteiger partial charge < -0.3 is 5.73 Å². The normalized spacial score (nSPS) is 26.0. The minimum Gasteiger partial charge on any atom is -0.330 e. The Hall–Kier alpha value is -1.03. The molecule has 1 aliphatic carbocycles. The minimum atomic E-state index is -1.14. The van der Waals surface area contributed by atoms with Gasteiger partial charge in [0.2, 0.25) is 0 Å². The molecule has 1 aliphatic rings. The van der Waals surface area contributed by atoms with Crippen LogP contribution in [0.5, 0.6) is 0 Å². The molecule has 0 unspecified atom stereocenters. The smallest absolute Gasteiger partial charge is 0.161 e. The second kappa shape index (κ2) is 4.02. The molecule has 1 nitrogen and oxygen atoms in total. The van der Waals surface area contributed by atoms with Crippen molar-refractivity contribution < 1.29 is 13.2 Å². The summed E-state index contributed by atoms with van der Waals surface area (Å²) in [5.41, 5.74) is 5.91. The Balaban J connectivity index is 2.18. The second-order valence-electron chi connectivity index (χ2n) is 5.33. The van der Waals surface area contributed by atoms with E-state index in [0.717, 1.165) is 6.07 Å². The molecule has 2 rings (SSSR count). The molecule has 1 aromatic rings. The van der Waals surface area contributed by atoms with Crippen molar-refractivity contribution in [3.05, 3.63) is 35.1 Å². The van der Waals surface area contributed by atoms with Crippen LogP contribution < -0.4 is 5.73 Å². The highest BCUT2D eigenvalue weighted by Gasteiger charge is 2.56. The van der Waals surface area contributed by atoms with E-state index in [9.17, 15) is 13.2 Å². The molecule has 1 fully saturated rings. The van der Waals surface area contributed by atoms with Gasteiger partial charge in [0.1, 0.15) is 5.82 Å². The monoisotopic (exact) mass is 243 g/mol. The largest absolute Gasteiger partial charge is 0.330 e. The average Bonchev–Trinajstić information content (AvgIpc) is 2.76. The predicted octanol–water partition coefficient (Wildman–Crippen LogP) is 2.88. The van der Waals surface area contributed by atoms with Gasteiger partial charge in [0.05, 0.1) is 0 Å². The first-order chi connectivity index (χ1) is 7.87. The molecule has 94 valence electrons. The number of benzene rings is 1. The fourth-order valence-electron chi connectivity index (χ4n) is 2.69. The van der Waals surface area contributed by atoms with Crippen molar-refractivity contribution in [3.8, 4) is 0 Å². The van der Waals surface area contributed by atoms with Gasteiger partial charge in [0.25, 0.3) is 0 Å². The van der Waals surface area contributed by atoms with Crippen LogP contribution in [0.15, 0.2) is 12.1 Å². The topological polar surface area (TPSA) is 26.0 Å². The fraction of sp³-hybridized carbons (Fsp3) is 0.538. The summed E-state index contributed by atoms with van der Waals surface area (Å²) in [5.74, 6) is -2.25. The minimum absolute atomic E-state index is 0.0616. The van der Waals surface area contributed by atoms with Crippen LogP contribution in [0.1, 0.15) is 19.4 Å². The Morgan fingerprint density at radius 1 is 1.06 bits per heavy atom. The quantitative estimate of drug-likeness (QED) is 0.812. The van der Waals surface area contributed by atoms with Crippen LogP contribution in [0, 0.1) is 34.7 Å². The highest BCUT2D eigenvalue weighted by atomic mass is 19.2. The number of halogens is 3. The van der Waals surface area contributed by atoms with Crippen LogP contribution in [-0.2, 0) is 6.42 Å². The third-order valence-corrected chi connectivity index (χ3v) is 4.07. The molecule has 4 heteroatoms. The first-order valence-corrected chi connectivity index (χ1v) is 5.71. The van der Waals surface area contributed by atoms with Crippen molar-refractivity contribution >= 4 is 0 Å². The fourth-order valence-corrected chi connectivity index (χ4v) is 2.69.